The minimum absolute atomic E-state index is 0.142. The first-order chi connectivity index (χ1) is 19.2. The van der Waals surface area contributed by atoms with E-state index in [4.69, 9.17) is 16.0 Å². The van der Waals surface area contributed by atoms with Gasteiger partial charge >= 0.3 is 5.97 Å². The zero-order valence-electron chi connectivity index (χ0n) is 20.9. The number of aliphatic imine (C=N–C) groups is 1. The van der Waals surface area contributed by atoms with Crippen LogP contribution < -0.4 is 15.6 Å². The second-order valence-electron chi connectivity index (χ2n) is 8.18. The quantitative estimate of drug-likeness (QED) is 0.134. The Labute approximate surface area is 235 Å². The Balaban J connectivity index is 1.46. The van der Waals surface area contributed by atoms with Crippen molar-refractivity contribution in [2.75, 3.05) is 18.1 Å². The third kappa shape index (κ3) is 5.98. The first-order valence-corrected chi connectivity index (χ1v) is 13.6. The summed E-state index contributed by atoms with van der Waals surface area (Å²) in [6, 6.07) is 3.82. The van der Waals surface area contributed by atoms with E-state index < -0.39 is 35.1 Å². The molecule has 2 aromatic heterocycles. The maximum Gasteiger partial charge on any atom is 0.352 e. The molecule has 14 nitrogen and oxygen atoms in total. The van der Waals surface area contributed by atoms with Crippen LogP contribution in [0.1, 0.15) is 23.0 Å². The average Bonchev–Trinajstić information content (AvgIpc) is 3.37. The molecule has 0 spiro atoms. The molecule has 1 fully saturated rings. The fourth-order valence-electron chi connectivity index (χ4n) is 3.86. The number of anilines is 1. The number of nitrogens with one attached hydrogen (secondary N) is 2. The highest BCUT2D eigenvalue weighted by Gasteiger charge is 2.54. The Morgan fingerprint density at radius 3 is 2.77 bits per heavy atom. The highest BCUT2D eigenvalue weighted by molar-refractivity contribution is 8.00. The average molecular weight is 584 g/mol. The van der Waals surface area contributed by atoms with Crippen molar-refractivity contribution in [1.82, 2.24) is 15.2 Å². The topological polar surface area (TPSA) is 204 Å². The fraction of sp³-hybridized carbons (Fsp3) is 0.250. The summed E-state index contributed by atoms with van der Waals surface area (Å²) in [5.41, 5.74) is 6.32. The number of carboxylic acids is 1. The molecular weight excluding hydrogens is 560 g/mol. The van der Waals surface area contributed by atoms with E-state index in [0.717, 1.165) is 11.3 Å². The van der Waals surface area contributed by atoms with Gasteiger partial charge in [-0.1, -0.05) is 11.2 Å². The number of nitrogen functional groups attached to an aromatic ring is 1. The number of fused-ring (bicyclic) bond motifs is 1. The van der Waals surface area contributed by atoms with Crippen LogP contribution in [0, 0.1) is 5.41 Å². The van der Waals surface area contributed by atoms with E-state index in [2.05, 4.69) is 20.4 Å². The number of rotatable bonds is 10. The van der Waals surface area contributed by atoms with Gasteiger partial charge in [-0.05, 0) is 18.6 Å². The summed E-state index contributed by atoms with van der Waals surface area (Å²) in [6.45, 7) is 2.26. The lowest BCUT2D eigenvalue weighted by Crippen LogP contribution is -2.71. The first-order valence-electron chi connectivity index (χ1n) is 11.7. The molecule has 206 valence electrons. The third-order valence-electron chi connectivity index (χ3n) is 5.68. The summed E-state index contributed by atoms with van der Waals surface area (Å²) < 4.78 is 1.75. The van der Waals surface area contributed by atoms with Crippen LogP contribution in [0.5, 0.6) is 0 Å². The number of aromatic nitrogens is 2. The highest BCUT2D eigenvalue weighted by atomic mass is 32.2. The van der Waals surface area contributed by atoms with Gasteiger partial charge in [0.1, 0.15) is 29.4 Å². The normalized spacial score (nSPS) is 18.6. The fourth-order valence-corrected chi connectivity index (χ4v) is 5.73. The van der Waals surface area contributed by atoms with Crippen LogP contribution in [0.2, 0.25) is 0 Å². The number of aliphatic carboxylic acids is 1. The number of pyridine rings is 1. The maximum absolute atomic E-state index is 13.0. The van der Waals surface area contributed by atoms with E-state index in [-0.39, 0.29) is 28.8 Å². The number of oxime groups is 1. The number of hydrogen-bond donors (Lipinski definition) is 4. The van der Waals surface area contributed by atoms with Gasteiger partial charge in [0.05, 0.1) is 11.6 Å². The summed E-state index contributed by atoms with van der Waals surface area (Å²) >= 11 is 2.44. The Bertz CT molecular complexity index is 1490. The summed E-state index contributed by atoms with van der Waals surface area (Å²) in [6.07, 6.45) is 6.65. The number of thiazole rings is 1. The molecule has 40 heavy (non-hydrogen) atoms. The van der Waals surface area contributed by atoms with Crippen LogP contribution in [-0.2, 0) is 25.8 Å². The van der Waals surface area contributed by atoms with Crippen molar-refractivity contribution < 1.29 is 33.7 Å². The van der Waals surface area contributed by atoms with Gasteiger partial charge in [0.25, 0.3) is 17.7 Å². The number of thioether (sulfide) groups is 1. The zero-order valence-corrected chi connectivity index (χ0v) is 22.6. The Morgan fingerprint density at radius 2 is 2.15 bits per heavy atom. The monoisotopic (exact) mass is 583 g/mol. The predicted molar refractivity (Wildman–Crippen MR) is 145 cm³/mol. The summed E-state index contributed by atoms with van der Waals surface area (Å²) in [5, 5.41) is 24.3. The van der Waals surface area contributed by atoms with Crippen molar-refractivity contribution in [3.05, 3.63) is 64.6 Å². The van der Waals surface area contributed by atoms with Gasteiger partial charge in [-0.2, -0.15) is 0 Å². The molecule has 0 aromatic carbocycles. The van der Waals surface area contributed by atoms with Crippen molar-refractivity contribution in [1.29, 1.82) is 5.41 Å². The summed E-state index contributed by atoms with van der Waals surface area (Å²) in [5.74, 6) is -2.81. The van der Waals surface area contributed by atoms with E-state index in [1.807, 2.05) is 0 Å². The number of allylic oxidation sites excluding steroid dienone is 2. The van der Waals surface area contributed by atoms with Crippen molar-refractivity contribution in [2.45, 2.75) is 24.9 Å². The van der Waals surface area contributed by atoms with Crippen molar-refractivity contribution in [2.24, 2.45) is 10.1 Å². The van der Waals surface area contributed by atoms with E-state index >= 15 is 0 Å². The smallest absolute Gasteiger partial charge is 0.352 e. The van der Waals surface area contributed by atoms with E-state index in [9.17, 15) is 24.3 Å². The minimum Gasteiger partial charge on any atom is -0.477 e. The molecule has 2 aliphatic rings. The van der Waals surface area contributed by atoms with E-state index in [0.29, 0.717) is 23.4 Å². The lowest BCUT2D eigenvalue weighted by atomic mass is 10.0. The molecule has 16 heteroatoms. The number of hydrogen-bond acceptors (Lipinski definition) is 11. The maximum atomic E-state index is 13.0. The predicted octanol–water partition coefficient (Wildman–Crippen LogP) is 0.641. The van der Waals surface area contributed by atoms with Gasteiger partial charge < -0.3 is 21.0 Å². The molecule has 0 aliphatic carbocycles. The van der Waals surface area contributed by atoms with Gasteiger partial charge in [0, 0.05) is 23.3 Å². The third-order valence-corrected chi connectivity index (χ3v) is 7.66. The largest absolute Gasteiger partial charge is 0.477 e. The number of nitrogens with zero attached hydrogens (tertiary/aromatic N) is 5. The van der Waals surface area contributed by atoms with Crippen LogP contribution in [0.4, 0.5) is 5.13 Å². The molecule has 0 bridgehead atoms. The number of β-lactam (4-membered cyclic amide) rings is 1. The molecule has 0 unspecified atom stereocenters. The molecule has 2 atom stereocenters. The number of amides is 3. The Morgan fingerprint density at radius 1 is 1.40 bits per heavy atom. The first kappa shape index (κ1) is 28.4. The van der Waals surface area contributed by atoms with Gasteiger partial charge in [-0.15, -0.1) is 28.1 Å². The zero-order chi connectivity index (χ0) is 28.8. The van der Waals surface area contributed by atoms with Crippen LogP contribution in [0.15, 0.2) is 63.5 Å². The summed E-state index contributed by atoms with van der Waals surface area (Å²) in [7, 11) is 0. The van der Waals surface area contributed by atoms with Crippen LogP contribution in [-0.4, -0.2) is 74.2 Å². The second kappa shape index (κ2) is 12.5. The SMILES string of the molecule is CCO/N=C(\C(=O)N[C@@H]1C(=O)N2C(C(=O)O)=C(/C=C/C[n+]3ccc(C(=O)N=C=N)cc3)CS[C@H]12)c1csc(N)n1. The number of carboxylic acid groups (broad SMARTS) is 1. The molecule has 0 radical (unpaired) electrons. The minimum atomic E-state index is -1.26. The van der Waals surface area contributed by atoms with Crippen molar-refractivity contribution >= 4 is 63.6 Å². The number of carbonyl (C=O) groups is 4. The molecule has 1 saturated heterocycles. The standard InChI is InChI=1S/C24H22N8O6S2/c1-2-38-30-16(15-11-40-24(26)28-15)20(34)29-17-21(35)32-18(23(36)37)14(10-39-22(17)32)4-3-7-31-8-5-13(6-9-31)19(33)27-12-25/h3-6,8-9,11,17,22,25H,2,7,10H2,1H3,(H3-,26,28,29,34,36,37)/p+1/b4-3+,30-16-/t17-,22-/m1/s1. The van der Waals surface area contributed by atoms with Gasteiger partial charge in [-0.3, -0.25) is 19.3 Å². The Hall–Kier alpha value is -4.66. The van der Waals surface area contributed by atoms with Crippen LogP contribution in [0.25, 0.3) is 0 Å². The number of nitrogens with two attached hydrogens (primary N) is 1. The molecule has 2 aliphatic heterocycles. The molecule has 4 heterocycles. The molecule has 0 saturated carbocycles. The molecule has 3 amide bonds. The lowest BCUT2D eigenvalue weighted by Gasteiger charge is -2.49. The van der Waals surface area contributed by atoms with Gasteiger partial charge in [0.2, 0.25) is 0 Å². The van der Waals surface area contributed by atoms with Crippen molar-refractivity contribution in [3.63, 3.8) is 0 Å². The van der Waals surface area contributed by atoms with Gasteiger partial charge in [-0.25, -0.2) is 19.8 Å². The van der Waals surface area contributed by atoms with Crippen LogP contribution in [0.3, 0.4) is 0 Å². The van der Waals surface area contributed by atoms with E-state index in [1.165, 1.54) is 16.7 Å². The lowest BCUT2D eigenvalue weighted by molar-refractivity contribution is -0.687. The Kier molecular flexibility index (Phi) is 8.83. The molecule has 2 aromatic rings. The van der Waals surface area contributed by atoms with Crippen LogP contribution >= 0.6 is 23.1 Å². The molecule has 5 N–H and O–H groups in total. The van der Waals surface area contributed by atoms with Gasteiger partial charge in [0.15, 0.2) is 29.8 Å². The number of carbonyl (C=O) groups excluding carboxylic acids is 3. The second-order valence-corrected chi connectivity index (χ2v) is 10.2. The summed E-state index contributed by atoms with van der Waals surface area (Å²) in [4.78, 5) is 63.3. The molecular formula is C24H23N8O6S2+. The van der Waals surface area contributed by atoms with Crippen molar-refractivity contribution in [3.8, 4) is 0 Å². The highest BCUT2D eigenvalue weighted by Crippen LogP contribution is 2.40. The van der Waals surface area contributed by atoms with E-state index in [1.54, 1.807) is 59.6 Å². The molecule has 4 rings (SSSR count).